The fourth-order valence-corrected chi connectivity index (χ4v) is 4.19. The molecule has 1 aliphatic carbocycles. The van der Waals surface area contributed by atoms with Crippen LogP contribution in [0.4, 0.5) is 13.2 Å². The number of nitrogens with two attached hydrogens (primary N) is 1. The van der Waals surface area contributed by atoms with Gasteiger partial charge in [-0.2, -0.15) is 13.2 Å². The van der Waals surface area contributed by atoms with E-state index in [-0.39, 0.29) is 41.3 Å². The van der Waals surface area contributed by atoms with Crippen molar-refractivity contribution in [3.05, 3.63) is 52.1 Å². The molecule has 0 bridgehead atoms. The minimum absolute atomic E-state index is 0.0448. The monoisotopic (exact) mass is 469 g/mol. The lowest BCUT2D eigenvalue weighted by atomic mass is 9.70. The van der Waals surface area contributed by atoms with E-state index in [1.807, 2.05) is 13.8 Å². The van der Waals surface area contributed by atoms with Crippen LogP contribution in [0.2, 0.25) is 0 Å². The molecule has 0 unspecified atom stereocenters. The second-order valence-corrected chi connectivity index (χ2v) is 8.76. The number of carbonyl (C=O) groups is 2. The lowest BCUT2D eigenvalue weighted by Gasteiger charge is -2.38. The topological polar surface area (TPSA) is 97.1 Å². The average Bonchev–Trinajstić information content (AvgIpc) is 2.70. The summed E-state index contributed by atoms with van der Waals surface area (Å²) >= 11 is 0. The molecule has 0 saturated carbocycles. The third-order valence-corrected chi connectivity index (χ3v) is 5.52. The molecule has 1 aromatic rings. The zero-order chi connectivity index (χ0) is 24.6. The van der Waals surface area contributed by atoms with Crippen LogP contribution in [0, 0.1) is 5.41 Å². The molecule has 0 amide bonds. The van der Waals surface area contributed by atoms with E-state index in [0.717, 1.165) is 0 Å². The summed E-state index contributed by atoms with van der Waals surface area (Å²) in [6.07, 6.45) is -3.82. The highest BCUT2D eigenvalue weighted by atomic mass is 19.4. The number of esters is 1. The van der Waals surface area contributed by atoms with Crippen molar-refractivity contribution in [2.75, 3.05) is 20.8 Å². The lowest BCUT2D eigenvalue weighted by molar-refractivity contribution is -0.176. The van der Waals surface area contributed by atoms with Crippen molar-refractivity contribution in [3.8, 4) is 5.75 Å². The van der Waals surface area contributed by atoms with E-state index in [1.165, 1.54) is 14.2 Å². The molecule has 3 rings (SSSR count). The average molecular weight is 469 g/mol. The van der Waals surface area contributed by atoms with Crippen LogP contribution in [0.25, 0.3) is 0 Å². The first kappa shape index (κ1) is 24.6. The summed E-state index contributed by atoms with van der Waals surface area (Å²) in [4.78, 5) is 25.8. The van der Waals surface area contributed by atoms with Crippen LogP contribution >= 0.6 is 0 Å². The molecule has 0 aromatic heterocycles. The fourth-order valence-electron chi connectivity index (χ4n) is 4.19. The van der Waals surface area contributed by atoms with Crippen molar-refractivity contribution >= 4 is 11.8 Å². The number of ether oxygens (including phenoxy) is 4. The van der Waals surface area contributed by atoms with Crippen LogP contribution in [0.5, 0.6) is 5.75 Å². The van der Waals surface area contributed by atoms with Gasteiger partial charge < -0.3 is 24.7 Å². The second-order valence-electron chi connectivity index (χ2n) is 8.76. The molecule has 1 aliphatic heterocycles. The van der Waals surface area contributed by atoms with Crippen LogP contribution < -0.4 is 10.5 Å². The normalized spacial score (nSPS) is 20.3. The van der Waals surface area contributed by atoms with Gasteiger partial charge in [0, 0.05) is 24.0 Å². The third-order valence-electron chi connectivity index (χ3n) is 5.52. The van der Waals surface area contributed by atoms with Gasteiger partial charge in [0.15, 0.2) is 5.78 Å². The Morgan fingerprint density at radius 3 is 2.55 bits per heavy atom. The van der Waals surface area contributed by atoms with Crippen LogP contribution in [-0.2, 0) is 30.4 Å². The van der Waals surface area contributed by atoms with Gasteiger partial charge in [-0.1, -0.05) is 19.9 Å². The number of methoxy groups -OCH3 is 2. The molecule has 33 heavy (non-hydrogen) atoms. The Balaban J connectivity index is 2.10. The molecule has 1 heterocycles. The first-order chi connectivity index (χ1) is 15.4. The molecule has 0 spiro atoms. The molecule has 180 valence electrons. The van der Waals surface area contributed by atoms with Crippen LogP contribution in [0.1, 0.15) is 43.7 Å². The Hall–Kier alpha value is -3.01. The molecule has 0 radical (unpaired) electrons. The van der Waals surface area contributed by atoms with Gasteiger partial charge in [0.25, 0.3) is 0 Å². The molecule has 2 aliphatic rings. The largest absolute Gasteiger partial charge is 0.496 e. The number of hydrogen-bond donors (Lipinski definition) is 1. The summed E-state index contributed by atoms with van der Waals surface area (Å²) in [7, 11) is 2.56. The van der Waals surface area contributed by atoms with Gasteiger partial charge in [-0.15, -0.1) is 0 Å². The van der Waals surface area contributed by atoms with E-state index in [9.17, 15) is 22.8 Å². The number of allylic oxidation sites excluding steroid dienone is 2. The van der Waals surface area contributed by atoms with Gasteiger partial charge in [0.2, 0.25) is 5.88 Å². The number of halogens is 3. The molecule has 1 aromatic carbocycles. The van der Waals surface area contributed by atoms with E-state index >= 15 is 0 Å². The predicted molar refractivity (Wildman–Crippen MR) is 111 cm³/mol. The zero-order valence-corrected chi connectivity index (χ0v) is 18.8. The summed E-state index contributed by atoms with van der Waals surface area (Å²) in [5.74, 6) is -1.39. The van der Waals surface area contributed by atoms with Gasteiger partial charge in [-0.05, 0) is 23.1 Å². The number of rotatable bonds is 6. The summed E-state index contributed by atoms with van der Waals surface area (Å²) < 4.78 is 58.3. The molecule has 0 saturated heterocycles. The maximum absolute atomic E-state index is 13.2. The Morgan fingerprint density at radius 2 is 1.94 bits per heavy atom. The van der Waals surface area contributed by atoms with Crippen molar-refractivity contribution in [1.82, 2.24) is 0 Å². The summed E-state index contributed by atoms with van der Waals surface area (Å²) in [5.41, 5.74) is 6.74. The van der Waals surface area contributed by atoms with Crippen molar-refractivity contribution in [1.29, 1.82) is 0 Å². The van der Waals surface area contributed by atoms with E-state index in [0.29, 0.717) is 29.1 Å². The van der Waals surface area contributed by atoms with E-state index in [1.54, 1.807) is 18.2 Å². The maximum Gasteiger partial charge on any atom is 0.411 e. The van der Waals surface area contributed by atoms with Crippen LogP contribution in [0.15, 0.2) is 41.0 Å². The molecule has 1 atom stereocenters. The Kier molecular flexibility index (Phi) is 6.78. The Bertz CT molecular complexity index is 1030. The van der Waals surface area contributed by atoms with Crippen molar-refractivity contribution in [2.45, 2.75) is 45.4 Å². The summed E-state index contributed by atoms with van der Waals surface area (Å²) in [5, 5.41) is 0. The molecule has 7 nitrogen and oxygen atoms in total. The summed E-state index contributed by atoms with van der Waals surface area (Å²) in [6.45, 7) is 2.03. The minimum Gasteiger partial charge on any atom is -0.496 e. The van der Waals surface area contributed by atoms with Gasteiger partial charge in [-0.3, -0.25) is 4.79 Å². The molecular formula is C23H26F3NO6. The number of alkyl halides is 3. The first-order valence-electron chi connectivity index (χ1n) is 10.2. The van der Waals surface area contributed by atoms with Crippen molar-refractivity contribution < 1.29 is 41.7 Å². The van der Waals surface area contributed by atoms with E-state index in [4.69, 9.17) is 24.7 Å². The van der Waals surface area contributed by atoms with E-state index < -0.39 is 24.7 Å². The highest BCUT2D eigenvalue weighted by molar-refractivity contribution is 6.03. The molecule has 2 N–H and O–H groups in total. The van der Waals surface area contributed by atoms with Crippen LogP contribution in [-0.4, -0.2) is 38.8 Å². The highest BCUT2D eigenvalue weighted by Crippen LogP contribution is 2.48. The summed E-state index contributed by atoms with van der Waals surface area (Å²) in [6, 6.07) is 4.70. The van der Waals surface area contributed by atoms with Gasteiger partial charge in [0.05, 0.1) is 26.7 Å². The SMILES string of the molecule is COC(=O)C1=C(N)OC2=C(C(=O)CC(C)(C)C2)[C@@H]1c1ccc(OC)c(COCC(F)(F)F)c1. The predicted octanol–water partition coefficient (Wildman–Crippen LogP) is 3.87. The maximum atomic E-state index is 13.2. The molecular weight excluding hydrogens is 443 g/mol. The fraction of sp³-hybridized carbons (Fsp3) is 0.478. The van der Waals surface area contributed by atoms with Crippen molar-refractivity contribution in [2.24, 2.45) is 11.1 Å². The number of ketones is 1. The quantitative estimate of drug-likeness (QED) is 0.632. The zero-order valence-electron chi connectivity index (χ0n) is 18.8. The number of carbonyl (C=O) groups excluding carboxylic acids is 2. The second kappa shape index (κ2) is 9.09. The minimum atomic E-state index is -4.48. The van der Waals surface area contributed by atoms with Crippen LogP contribution in [0.3, 0.4) is 0 Å². The molecule has 10 heteroatoms. The Morgan fingerprint density at radius 1 is 1.24 bits per heavy atom. The standard InChI is InChI=1S/C23H26F3NO6/c1-22(2)8-14(28)18-16(9-22)33-20(27)19(21(29)31-4)17(18)12-5-6-15(30-3)13(7-12)10-32-11-23(24,25)26/h5-7,17H,8-11,27H2,1-4H3/t17-/m0/s1. The van der Waals surface area contributed by atoms with Crippen molar-refractivity contribution in [3.63, 3.8) is 0 Å². The number of benzene rings is 1. The smallest absolute Gasteiger partial charge is 0.411 e. The number of Topliss-reactive ketones (excluding diaryl/α,β-unsaturated/α-hetero) is 1. The van der Waals surface area contributed by atoms with Gasteiger partial charge in [0.1, 0.15) is 23.7 Å². The highest BCUT2D eigenvalue weighted by Gasteiger charge is 2.45. The third kappa shape index (κ3) is 5.32. The van der Waals surface area contributed by atoms with Gasteiger partial charge >= 0.3 is 12.1 Å². The lowest BCUT2D eigenvalue weighted by Crippen LogP contribution is -2.35. The Labute approximate surface area is 189 Å². The molecule has 0 fully saturated rings. The van der Waals surface area contributed by atoms with Gasteiger partial charge in [-0.25, -0.2) is 4.79 Å². The number of hydrogen-bond acceptors (Lipinski definition) is 7. The van der Waals surface area contributed by atoms with E-state index in [2.05, 4.69) is 0 Å². The first-order valence-corrected chi connectivity index (χ1v) is 10.2.